The Morgan fingerprint density at radius 3 is 2.80 bits per heavy atom. The molecule has 1 aliphatic rings. The lowest BCUT2D eigenvalue weighted by atomic mass is 10.2. The van der Waals surface area contributed by atoms with E-state index in [1.165, 1.54) is 13.5 Å². The molecule has 5 heteroatoms. The Balaban J connectivity index is 2.32. The first-order valence-electron chi connectivity index (χ1n) is 5.15. The molecule has 1 rings (SSSR count). The molecule has 0 aromatic carbocycles. The lowest BCUT2D eigenvalue weighted by molar-refractivity contribution is -0.140. The molecule has 0 bridgehead atoms. The van der Waals surface area contributed by atoms with Crippen LogP contribution in [0.5, 0.6) is 0 Å². The van der Waals surface area contributed by atoms with E-state index in [0.717, 1.165) is 19.6 Å². The molecule has 0 radical (unpaired) electrons. The van der Waals surface area contributed by atoms with Crippen LogP contribution in [0.1, 0.15) is 6.42 Å². The second-order valence-electron chi connectivity index (χ2n) is 4.16. The third-order valence-electron chi connectivity index (χ3n) is 2.85. The molecule has 1 heterocycles. The molecule has 1 saturated heterocycles. The molecule has 1 aliphatic heterocycles. The first-order valence-corrected chi connectivity index (χ1v) is 6.07. The van der Waals surface area contributed by atoms with Gasteiger partial charge in [-0.05, 0) is 27.1 Å². The van der Waals surface area contributed by atoms with E-state index in [0.29, 0.717) is 6.04 Å². The minimum Gasteiger partial charge on any atom is -0.468 e. The van der Waals surface area contributed by atoms with Crippen molar-refractivity contribution in [2.75, 3.05) is 40.8 Å². The lowest BCUT2D eigenvalue weighted by Crippen LogP contribution is -2.36. The summed E-state index contributed by atoms with van der Waals surface area (Å²) < 4.78 is 4.67. The van der Waals surface area contributed by atoms with Crippen molar-refractivity contribution in [2.45, 2.75) is 17.3 Å². The minimum absolute atomic E-state index is 0.191. The van der Waals surface area contributed by atoms with Crippen LogP contribution >= 0.6 is 15.9 Å². The van der Waals surface area contributed by atoms with Crippen molar-refractivity contribution in [1.29, 1.82) is 0 Å². The molecule has 0 aromatic heterocycles. The highest BCUT2D eigenvalue weighted by Crippen LogP contribution is 2.15. The fourth-order valence-electron chi connectivity index (χ4n) is 1.83. The lowest BCUT2D eigenvalue weighted by Gasteiger charge is -2.21. The van der Waals surface area contributed by atoms with Crippen molar-refractivity contribution in [1.82, 2.24) is 9.80 Å². The first-order chi connectivity index (χ1) is 7.04. The number of carbonyl (C=O) groups excluding carboxylic acids is 1. The van der Waals surface area contributed by atoms with Crippen LogP contribution in [-0.2, 0) is 9.53 Å². The van der Waals surface area contributed by atoms with Crippen LogP contribution in [0.3, 0.4) is 0 Å². The topological polar surface area (TPSA) is 32.8 Å². The van der Waals surface area contributed by atoms with Gasteiger partial charge >= 0.3 is 5.97 Å². The van der Waals surface area contributed by atoms with Gasteiger partial charge in [0, 0.05) is 19.1 Å². The summed E-state index contributed by atoms with van der Waals surface area (Å²) in [7, 11) is 5.61. The van der Waals surface area contributed by atoms with Crippen LogP contribution in [0.4, 0.5) is 0 Å². The van der Waals surface area contributed by atoms with E-state index in [-0.39, 0.29) is 10.8 Å². The molecule has 0 aliphatic carbocycles. The molecule has 0 N–H and O–H groups in total. The highest BCUT2D eigenvalue weighted by molar-refractivity contribution is 9.10. The molecule has 15 heavy (non-hydrogen) atoms. The van der Waals surface area contributed by atoms with Gasteiger partial charge in [-0.3, -0.25) is 4.79 Å². The van der Waals surface area contributed by atoms with E-state index in [1.807, 2.05) is 0 Å². The Hall–Kier alpha value is -0.130. The van der Waals surface area contributed by atoms with Crippen molar-refractivity contribution < 1.29 is 9.53 Å². The summed E-state index contributed by atoms with van der Waals surface area (Å²) in [6.07, 6.45) is 1.17. The van der Waals surface area contributed by atoms with E-state index < -0.39 is 0 Å². The second kappa shape index (κ2) is 5.82. The van der Waals surface area contributed by atoms with Crippen molar-refractivity contribution in [3.8, 4) is 0 Å². The van der Waals surface area contributed by atoms with Crippen molar-refractivity contribution in [3.05, 3.63) is 0 Å². The van der Waals surface area contributed by atoms with E-state index in [4.69, 9.17) is 0 Å². The van der Waals surface area contributed by atoms with Gasteiger partial charge in [-0.1, -0.05) is 15.9 Å². The van der Waals surface area contributed by atoms with Gasteiger partial charge in [0.1, 0.15) is 4.83 Å². The van der Waals surface area contributed by atoms with Gasteiger partial charge in [-0.15, -0.1) is 0 Å². The van der Waals surface area contributed by atoms with Crippen LogP contribution in [0.25, 0.3) is 0 Å². The Morgan fingerprint density at radius 2 is 2.33 bits per heavy atom. The Kier molecular flexibility index (Phi) is 5.02. The number of hydrogen-bond donors (Lipinski definition) is 0. The van der Waals surface area contributed by atoms with Crippen molar-refractivity contribution in [3.63, 3.8) is 0 Å². The maximum atomic E-state index is 11.2. The summed E-state index contributed by atoms with van der Waals surface area (Å²) in [5.41, 5.74) is 0. The van der Waals surface area contributed by atoms with E-state index in [2.05, 4.69) is 44.6 Å². The quantitative estimate of drug-likeness (QED) is 0.556. The fraction of sp³-hybridized carbons (Fsp3) is 0.900. The number of nitrogens with zero attached hydrogens (tertiary/aromatic N) is 2. The van der Waals surface area contributed by atoms with E-state index >= 15 is 0 Å². The summed E-state index contributed by atoms with van der Waals surface area (Å²) in [6.45, 7) is 2.82. The van der Waals surface area contributed by atoms with Crippen molar-refractivity contribution >= 4 is 21.9 Å². The number of ether oxygens (including phenoxy) is 1. The zero-order valence-electron chi connectivity index (χ0n) is 9.57. The first kappa shape index (κ1) is 12.9. The number of carbonyl (C=O) groups is 1. The van der Waals surface area contributed by atoms with Gasteiger partial charge in [0.05, 0.1) is 7.11 Å². The summed E-state index contributed by atoms with van der Waals surface area (Å²) in [4.78, 5) is 15.5. The average molecular weight is 279 g/mol. The average Bonchev–Trinajstić information content (AvgIpc) is 2.65. The van der Waals surface area contributed by atoms with Gasteiger partial charge in [0.2, 0.25) is 0 Å². The summed E-state index contributed by atoms with van der Waals surface area (Å²) in [6, 6.07) is 0.613. The van der Waals surface area contributed by atoms with Gasteiger partial charge in [0.25, 0.3) is 0 Å². The summed E-state index contributed by atoms with van der Waals surface area (Å²) in [5.74, 6) is -0.191. The van der Waals surface area contributed by atoms with Gasteiger partial charge in [-0.2, -0.15) is 0 Å². The standard InChI is InChI=1S/C10H19BrN2O2/c1-12(2)8-4-5-13(6-8)7-9(11)10(14)15-3/h8-9H,4-7H2,1-3H3. The maximum absolute atomic E-state index is 11.2. The zero-order chi connectivity index (χ0) is 11.4. The normalized spacial score (nSPS) is 24.5. The number of halogens is 1. The highest BCUT2D eigenvalue weighted by Gasteiger charge is 2.27. The SMILES string of the molecule is COC(=O)C(Br)CN1CCC(N(C)C)C1. The zero-order valence-corrected chi connectivity index (χ0v) is 11.2. The molecule has 2 atom stereocenters. The number of methoxy groups -OCH3 is 1. The number of hydrogen-bond acceptors (Lipinski definition) is 4. The van der Waals surface area contributed by atoms with Crippen LogP contribution < -0.4 is 0 Å². The molecule has 2 unspecified atom stereocenters. The van der Waals surface area contributed by atoms with Crippen LogP contribution in [-0.4, -0.2) is 67.5 Å². The monoisotopic (exact) mass is 278 g/mol. The second-order valence-corrected chi connectivity index (χ2v) is 5.26. The van der Waals surface area contributed by atoms with Gasteiger partial charge < -0.3 is 14.5 Å². The van der Waals surface area contributed by atoms with Crippen LogP contribution in [0.2, 0.25) is 0 Å². The van der Waals surface area contributed by atoms with E-state index in [1.54, 1.807) is 0 Å². The molecule has 88 valence electrons. The number of esters is 1. The Labute approximate surface area is 99.7 Å². The summed E-state index contributed by atoms with van der Waals surface area (Å²) >= 11 is 3.34. The molecule has 1 fully saturated rings. The molecule has 0 saturated carbocycles. The van der Waals surface area contributed by atoms with Crippen LogP contribution in [0.15, 0.2) is 0 Å². The summed E-state index contributed by atoms with van der Waals surface area (Å²) in [5, 5.41) is 0. The number of rotatable bonds is 4. The minimum atomic E-state index is -0.205. The van der Waals surface area contributed by atoms with Crippen LogP contribution in [0, 0.1) is 0 Å². The molecule has 0 aromatic rings. The fourth-order valence-corrected chi connectivity index (χ4v) is 2.43. The predicted molar refractivity (Wildman–Crippen MR) is 63.3 cm³/mol. The Morgan fingerprint density at radius 1 is 1.67 bits per heavy atom. The molecule has 0 amide bonds. The molecule has 0 spiro atoms. The van der Waals surface area contributed by atoms with E-state index in [9.17, 15) is 4.79 Å². The largest absolute Gasteiger partial charge is 0.468 e. The smallest absolute Gasteiger partial charge is 0.320 e. The van der Waals surface area contributed by atoms with Gasteiger partial charge in [0.15, 0.2) is 0 Å². The van der Waals surface area contributed by atoms with Crippen molar-refractivity contribution in [2.24, 2.45) is 0 Å². The predicted octanol–water partition coefficient (Wildman–Crippen LogP) is 0.559. The molecular formula is C10H19BrN2O2. The highest BCUT2D eigenvalue weighted by atomic mass is 79.9. The number of likely N-dealkylation sites (tertiary alicyclic amines) is 1. The third kappa shape index (κ3) is 3.74. The molecular weight excluding hydrogens is 260 g/mol. The maximum Gasteiger partial charge on any atom is 0.320 e. The van der Waals surface area contributed by atoms with Gasteiger partial charge in [-0.25, -0.2) is 0 Å². The third-order valence-corrected chi connectivity index (χ3v) is 3.52. The number of alkyl halides is 1. The Bertz CT molecular complexity index is 223. The number of likely N-dealkylation sites (N-methyl/N-ethyl adjacent to an activating group) is 1. The molecule has 4 nitrogen and oxygen atoms in total.